The van der Waals surface area contributed by atoms with Gasteiger partial charge in [-0.05, 0) is 47.7 Å². The van der Waals surface area contributed by atoms with Crippen molar-refractivity contribution in [2.45, 2.75) is 20.0 Å². The molecule has 0 bridgehead atoms. The van der Waals surface area contributed by atoms with Crippen LogP contribution in [-0.2, 0) is 24.8 Å². The average Bonchev–Trinajstić information content (AvgIpc) is 2.93. The van der Waals surface area contributed by atoms with Crippen molar-refractivity contribution in [1.29, 1.82) is 0 Å². The molecule has 4 rings (SSSR count). The number of aromatic nitrogens is 3. The van der Waals surface area contributed by atoms with Gasteiger partial charge in [-0.15, -0.1) is 0 Å². The van der Waals surface area contributed by atoms with Crippen LogP contribution in [0.2, 0.25) is 0 Å². The number of carbonyl (C=O) groups is 1. The van der Waals surface area contributed by atoms with Crippen LogP contribution in [0.15, 0.2) is 24.5 Å². The number of fused-ring (bicyclic) bond motifs is 2. The highest BCUT2D eigenvalue weighted by Gasteiger charge is 2.22. The Hall–Kier alpha value is -2.73. The average molecular weight is 322 g/mol. The van der Waals surface area contributed by atoms with Crippen molar-refractivity contribution >= 4 is 16.8 Å². The number of nitrogens with zero attached hydrogens (tertiary/aromatic N) is 3. The van der Waals surface area contributed by atoms with Crippen molar-refractivity contribution in [3.63, 3.8) is 0 Å². The maximum atomic E-state index is 11.7. The number of ether oxygens (including phenoxy) is 1. The molecule has 0 spiro atoms. The van der Waals surface area contributed by atoms with E-state index in [4.69, 9.17) is 10.5 Å². The highest BCUT2D eigenvalue weighted by Crippen LogP contribution is 2.34. The minimum Gasteiger partial charge on any atom is -0.376 e. The number of aryl methyl sites for hydroxylation is 2. The second-order valence-electron chi connectivity index (χ2n) is 6.14. The van der Waals surface area contributed by atoms with Gasteiger partial charge in [0.2, 0.25) is 0 Å². The first-order valence-electron chi connectivity index (χ1n) is 7.87. The number of hydrogen-bond donors (Lipinski definition) is 1. The van der Waals surface area contributed by atoms with Gasteiger partial charge in [-0.25, -0.2) is 0 Å². The Bertz CT molecular complexity index is 975. The van der Waals surface area contributed by atoms with Crippen molar-refractivity contribution in [3.8, 4) is 11.1 Å². The number of pyridine rings is 1. The SMILES string of the molecule is Cc1cc2cnn(C)c2cc1-c1cnc(C(N)=O)c2c1COCC2. The zero-order valence-electron chi connectivity index (χ0n) is 13.7. The molecule has 1 aliphatic rings. The van der Waals surface area contributed by atoms with E-state index in [1.54, 1.807) is 6.20 Å². The second-order valence-corrected chi connectivity index (χ2v) is 6.14. The molecule has 1 aromatic carbocycles. The van der Waals surface area contributed by atoms with Crippen LogP contribution in [0.1, 0.15) is 27.2 Å². The number of rotatable bonds is 2. The molecule has 3 heterocycles. The van der Waals surface area contributed by atoms with Gasteiger partial charge in [0, 0.05) is 24.2 Å². The van der Waals surface area contributed by atoms with Crippen molar-refractivity contribution in [2.75, 3.05) is 6.61 Å². The highest BCUT2D eigenvalue weighted by molar-refractivity contribution is 5.94. The van der Waals surface area contributed by atoms with Crippen LogP contribution in [0.5, 0.6) is 0 Å². The molecule has 1 amide bonds. The Morgan fingerprint density at radius 2 is 2.08 bits per heavy atom. The molecule has 0 atom stereocenters. The van der Waals surface area contributed by atoms with E-state index in [2.05, 4.69) is 29.1 Å². The fraction of sp³-hybridized carbons (Fsp3) is 0.278. The summed E-state index contributed by atoms with van der Waals surface area (Å²) in [6.07, 6.45) is 4.25. The molecule has 1 aliphatic heterocycles. The summed E-state index contributed by atoms with van der Waals surface area (Å²) in [5, 5.41) is 5.41. The summed E-state index contributed by atoms with van der Waals surface area (Å²) in [6, 6.07) is 4.24. The Labute approximate surface area is 139 Å². The van der Waals surface area contributed by atoms with E-state index in [1.807, 2.05) is 17.9 Å². The zero-order valence-corrected chi connectivity index (χ0v) is 13.7. The maximum absolute atomic E-state index is 11.7. The molecule has 122 valence electrons. The fourth-order valence-electron chi connectivity index (χ4n) is 3.42. The largest absolute Gasteiger partial charge is 0.376 e. The number of amides is 1. The van der Waals surface area contributed by atoms with Crippen molar-refractivity contribution in [2.24, 2.45) is 12.8 Å². The normalized spacial score (nSPS) is 13.9. The molecule has 0 aliphatic carbocycles. The molecule has 0 fully saturated rings. The third-order valence-electron chi connectivity index (χ3n) is 4.66. The van der Waals surface area contributed by atoms with Gasteiger partial charge in [0.15, 0.2) is 0 Å². The molecule has 2 N–H and O–H groups in total. The molecule has 3 aromatic rings. The summed E-state index contributed by atoms with van der Waals surface area (Å²) in [4.78, 5) is 16.0. The lowest BCUT2D eigenvalue weighted by Gasteiger charge is -2.22. The summed E-state index contributed by atoms with van der Waals surface area (Å²) in [7, 11) is 1.93. The number of benzene rings is 1. The van der Waals surface area contributed by atoms with Gasteiger partial charge in [0.1, 0.15) is 5.69 Å². The summed E-state index contributed by atoms with van der Waals surface area (Å²) in [5.74, 6) is -0.487. The van der Waals surface area contributed by atoms with Gasteiger partial charge < -0.3 is 10.5 Å². The smallest absolute Gasteiger partial charge is 0.267 e. The lowest BCUT2D eigenvalue weighted by Crippen LogP contribution is -2.22. The van der Waals surface area contributed by atoms with E-state index >= 15 is 0 Å². The first kappa shape index (κ1) is 14.8. The molecule has 6 heteroatoms. The van der Waals surface area contributed by atoms with Gasteiger partial charge in [-0.3, -0.25) is 14.5 Å². The first-order valence-corrected chi connectivity index (χ1v) is 7.87. The molecule has 6 nitrogen and oxygen atoms in total. The monoisotopic (exact) mass is 322 g/mol. The minimum atomic E-state index is -0.487. The van der Waals surface area contributed by atoms with E-state index in [-0.39, 0.29) is 0 Å². The van der Waals surface area contributed by atoms with Gasteiger partial charge in [0.25, 0.3) is 5.91 Å². The van der Waals surface area contributed by atoms with Crippen LogP contribution in [0, 0.1) is 6.92 Å². The summed E-state index contributed by atoms with van der Waals surface area (Å²) < 4.78 is 7.49. The topological polar surface area (TPSA) is 83.0 Å². The zero-order chi connectivity index (χ0) is 16.8. The van der Waals surface area contributed by atoms with Crippen LogP contribution in [0.3, 0.4) is 0 Å². The minimum absolute atomic E-state index is 0.358. The lowest BCUT2D eigenvalue weighted by molar-refractivity contribution is 0.0979. The quantitative estimate of drug-likeness (QED) is 0.783. The lowest BCUT2D eigenvalue weighted by atomic mass is 9.91. The summed E-state index contributed by atoms with van der Waals surface area (Å²) in [6.45, 7) is 3.12. The van der Waals surface area contributed by atoms with E-state index in [0.717, 1.165) is 38.7 Å². The molecule has 0 saturated heterocycles. The molecule has 0 unspecified atom stereocenters. The Morgan fingerprint density at radius 1 is 1.25 bits per heavy atom. The number of carbonyl (C=O) groups excluding carboxylic acids is 1. The number of primary amides is 1. The predicted molar refractivity (Wildman–Crippen MR) is 90.6 cm³/mol. The predicted octanol–water partition coefficient (Wildman–Crippen LogP) is 2.12. The Balaban J connectivity index is 1.98. The van der Waals surface area contributed by atoms with Crippen LogP contribution < -0.4 is 5.73 Å². The van der Waals surface area contributed by atoms with Crippen molar-refractivity contribution in [1.82, 2.24) is 14.8 Å². The van der Waals surface area contributed by atoms with Crippen molar-refractivity contribution < 1.29 is 9.53 Å². The fourth-order valence-corrected chi connectivity index (χ4v) is 3.42. The summed E-state index contributed by atoms with van der Waals surface area (Å²) >= 11 is 0. The van der Waals surface area contributed by atoms with Gasteiger partial charge >= 0.3 is 0 Å². The molecule has 2 aromatic heterocycles. The van der Waals surface area contributed by atoms with Crippen LogP contribution >= 0.6 is 0 Å². The van der Waals surface area contributed by atoms with Gasteiger partial charge in [-0.2, -0.15) is 5.10 Å². The molecule has 24 heavy (non-hydrogen) atoms. The van der Waals surface area contributed by atoms with E-state index in [0.29, 0.717) is 25.3 Å². The molecular formula is C18H18N4O2. The Kier molecular flexibility index (Phi) is 3.35. The second kappa shape index (κ2) is 5.42. The third kappa shape index (κ3) is 2.18. The maximum Gasteiger partial charge on any atom is 0.267 e. The first-order chi connectivity index (χ1) is 11.6. The van der Waals surface area contributed by atoms with Crippen LogP contribution in [0.25, 0.3) is 22.0 Å². The van der Waals surface area contributed by atoms with Crippen molar-refractivity contribution in [3.05, 3.63) is 46.9 Å². The van der Waals surface area contributed by atoms with Gasteiger partial charge in [-0.1, -0.05) is 0 Å². The highest BCUT2D eigenvalue weighted by atomic mass is 16.5. The van der Waals surface area contributed by atoms with E-state index in [9.17, 15) is 4.79 Å². The van der Waals surface area contributed by atoms with E-state index in [1.165, 1.54) is 0 Å². The summed E-state index contributed by atoms with van der Waals surface area (Å²) in [5.41, 5.74) is 12.0. The molecule has 0 saturated carbocycles. The van der Waals surface area contributed by atoms with Crippen LogP contribution in [-0.4, -0.2) is 27.3 Å². The standard InChI is InChI=1S/C18H18N4O2/c1-10-5-11-7-21-22(2)16(11)6-13(10)14-8-20-17(18(19)23)12-3-4-24-9-15(12)14/h5-8H,3-4,9H2,1-2H3,(H2,19,23). The molecule has 0 radical (unpaired) electrons. The van der Waals surface area contributed by atoms with Gasteiger partial charge in [0.05, 0.1) is 24.9 Å². The number of nitrogens with two attached hydrogens (primary N) is 1. The number of hydrogen-bond acceptors (Lipinski definition) is 4. The molecular weight excluding hydrogens is 304 g/mol. The van der Waals surface area contributed by atoms with E-state index < -0.39 is 5.91 Å². The third-order valence-corrected chi connectivity index (χ3v) is 4.66. The van der Waals surface area contributed by atoms with Crippen LogP contribution in [0.4, 0.5) is 0 Å². The Morgan fingerprint density at radius 3 is 2.88 bits per heavy atom.